The molecule has 3 heterocycles. The Labute approximate surface area is 190 Å². The average molecular weight is 441 g/mol. The van der Waals surface area contributed by atoms with Gasteiger partial charge in [-0.2, -0.15) is 5.10 Å². The lowest BCUT2D eigenvalue weighted by molar-refractivity contribution is 0.354. The summed E-state index contributed by atoms with van der Waals surface area (Å²) in [5, 5.41) is 13.5. The van der Waals surface area contributed by atoms with Crippen LogP contribution in [-0.2, 0) is 13.0 Å². The fourth-order valence-electron chi connectivity index (χ4n) is 4.08. The number of ether oxygens (including phenoxy) is 2. The molecule has 0 aliphatic carbocycles. The summed E-state index contributed by atoms with van der Waals surface area (Å²) in [6, 6.07) is 17.5. The predicted molar refractivity (Wildman–Crippen MR) is 126 cm³/mol. The molecule has 0 unspecified atom stereocenters. The van der Waals surface area contributed by atoms with Crippen LogP contribution < -0.4 is 15.0 Å². The minimum Gasteiger partial charge on any atom is -0.493 e. The Morgan fingerprint density at radius 2 is 1.73 bits per heavy atom. The average Bonchev–Trinajstić information content (AvgIpc) is 3.25. The Bertz CT molecular complexity index is 1520. The van der Waals surface area contributed by atoms with Crippen LogP contribution in [-0.4, -0.2) is 38.6 Å². The first-order chi connectivity index (χ1) is 16.1. The molecule has 8 heteroatoms. The summed E-state index contributed by atoms with van der Waals surface area (Å²) in [5.74, 6) is 1.25. The van der Waals surface area contributed by atoms with Crippen LogP contribution in [0.15, 0.2) is 65.6 Å². The quantitative estimate of drug-likeness (QED) is 0.399. The number of hydrogen-bond donors (Lipinski definition) is 0. The number of rotatable bonds is 6. The first-order valence-electron chi connectivity index (χ1n) is 10.7. The summed E-state index contributed by atoms with van der Waals surface area (Å²) in [7, 11) is 3.18. The zero-order valence-electron chi connectivity index (χ0n) is 18.6. The standard InChI is InChI=1S/C25H23N5O3/c1-4-18-22(17-8-6-5-7-9-17)24-27-26-23-19(30(24)28-18)12-13-29(25(23)31)15-16-10-11-20(32-2)21(14-16)33-3/h5-14H,4,15H2,1-3H3. The molecule has 0 amide bonds. The molecule has 8 nitrogen and oxygen atoms in total. The number of aromatic nitrogens is 5. The summed E-state index contributed by atoms with van der Waals surface area (Å²) in [6.07, 6.45) is 2.50. The summed E-state index contributed by atoms with van der Waals surface area (Å²) in [5.41, 5.74) is 5.11. The minimum absolute atomic E-state index is 0.230. The molecule has 2 aromatic carbocycles. The van der Waals surface area contributed by atoms with E-state index in [-0.39, 0.29) is 11.1 Å². The van der Waals surface area contributed by atoms with E-state index in [2.05, 4.69) is 17.1 Å². The van der Waals surface area contributed by atoms with E-state index in [1.807, 2.05) is 54.6 Å². The lowest BCUT2D eigenvalue weighted by Gasteiger charge is -2.11. The van der Waals surface area contributed by atoms with Crippen LogP contribution in [0.3, 0.4) is 0 Å². The molecule has 5 aromatic rings. The van der Waals surface area contributed by atoms with Crippen molar-refractivity contribution in [2.45, 2.75) is 19.9 Å². The maximum absolute atomic E-state index is 13.2. The van der Waals surface area contributed by atoms with Crippen molar-refractivity contribution in [1.82, 2.24) is 24.4 Å². The normalized spacial score (nSPS) is 11.2. The Morgan fingerprint density at radius 1 is 0.939 bits per heavy atom. The van der Waals surface area contributed by atoms with E-state index in [1.54, 1.807) is 29.5 Å². The maximum Gasteiger partial charge on any atom is 0.280 e. The third kappa shape index (κ3) is 3.49. The third-order valence-electron chi connectivity index (χ3n) is 5.72. The first-order valence-corrected chi connectivity index (χ1v) is 10.7. The van der Waals surface area contributed by atoms with Crippen molar-refractivity contribution in [3.63, 3.8) is 0 Å². The van der Waals surface area contributed by atoms with Crippen molar-refractivity contribution >= 4 is 16.7 Å². The fourth-order valence-corrected chi connectivity index (χ4v) is 4.08. The smallest absolute Gasteiger partial charge is 0.280 e. The highest BCUT2D eigenvalue weighted by molar-refractivity contribution is 5.84. The molecule has 0 spiro atoms. The monoisotopic (exact) mass is 441 g/mol. The Hall–Kier alpha value is -4.20. The van der Waals surface area contributed by atoms with E-state index in [0.29, 0.717) is 29.2 Å². The highest BCUT2D eigenvalue weighted by Gasteiger charge is 2.18. The van der Waals surface area contributed by atoms with Crippen LogP contribution in [0.1, 0.15) is 18.2 Å². The van der Waals surface area contributed by atoms with Crippen LogP contribution >= 0.6 is 0 Å². The van der Waals surface area contributed by atoms with Gasteiger partial charge >= 0.3 is 0 Å². The number of methoxy groups -OCH3 is 2. The van der Waals surface area contributed by atoms with Gasteiger partial charge in [0, 0.05) is 6.20 Å². The SMILES string of the molecule is CCc1nn2c(nnc3c(=O)n(Cc4ccc(OC)c(OC)c4)ccc32)c1-c1ccccc1. The molecule has 0 N–H and O–H groups in total. The van der Waals surface area contributed by atoms with Gasteiger partial charge in [-0.05, 0) is 35.7 Å². The molecule has 3 aromatic heterocycles. The molecule has 0 saturated carbocycles. The van der Waals surface area contributed by atoms with Gasteiger partial charge in [-0.1, -0.05) is 43.3 Å². The highest BCUT2D eigenvalue weighted by atomic mass is 16.5. The fraction of sp³-hybridized carbons (Fsp3) is 0.200. The Morgan fingerprint density at radius 3 is 2.45 bits per heavy atom. The highest BCUT2D eigenvalue weighted by Crippen LogP contribution is 2.29. The summed E-state index contributed by atoms with van der Waals surface area (Å²) in [4.78, 5) is 13.2. The number of hydrogen-bond acceptors (Lipinski definition) is 6. The molecule has 0 saturated heterocycles. The molecule has 0 aliphatic rings. The molecule has 0 fully saturated rings. The maximum atomic E-state index is 13.2. The zero-order valence-corrected chi connectivity index (χ0v) is 18.6. The number of fused-ring (bicyclic) bond motifs is 3. The largest absolute Gasteiger partial charge is 0.493 e. The third-order valence-corrected chi connectivity index (χ3v) is 5.72. The van der Waals surface area contributed by atoms with Gasteiger partial charge in [-0.15, -0.1) is 10.2 Å². The molecule has 5 rings (SSSR count). The van der Waals surface area contributed by atoms with Gasteiger partial charge in [0.1, 0.15) is 5.52 Å². The van der Waals surface area contributed by atoms with Gasteiger partial charge < -0.3 is 14.0 Å². The molecule has 166 valence electrons. The Balaban J connectivity index is 1.62. The van der Waals surface area contributed by atoms with Crippen LogP contribution in [0.4, 0.5) is 0 Å². The van der Waals surface area contributed by atoms with Crippen molar-refractivity contribution in [1.29, 1.82) is 0 Å². The van der Waals surface area contributed by atoms with Crippen LogP contribution in [0.2, 0.25) is 0 Å². The number of nitrogens with zero attached hydrogens (tertiary/aromatic N) is 5. The van der Waals surface area contributed by atoms with E-state index in [1.165, 1.54) is 0 Å². The van der Waals surface area contributed by atoms with Crippen LogP contribution in [0, 0.1) is 0 Å². The molecular formula is C25H23N5O3. The van der Waals surface area contributed by atoms with Crippen LogP contribution in [0.25, 0.3) is 27.8 Å². The van der Waals surface area contributed by atoms with Crippen molar-refractivity contribution in [2.24, 2.45) is 0 Å². The van der Waals surface area contributed by atoms with Gasteiger partial charge in [0.2, 0.25) is 0 Å². The topological polar surface area (TPSA) is 83.5 Å². The van der Waals surface area contributed by atoms with E-state index >= 15 is 0 Å². The molecule has 33 heavy (non-hydrogen) atoms. The zero-order chi connectivity index (χ0) is 22.9. The second-order valence-corrected chi connectivity index (χ2v) is 7.65. The van der Waals surface area contributed by atoms with Gasteiger partial charge in [-0.25, -0.2) is 4.52 Å². The number of benzene rings is 2. The van der Waals surface area contributed by atoms with Crippen molar-refractivity contribution in [2.75, 3.05) is 14.2 Å². The second kappa shape index (κ2) is 8.38. The molecule has 0 aliphatic heterocycles. The van der Waals surface area contributed by atoms with E-state index in [9.17, 15) is 4.79 Å². The molecule has 0 bridgehead atoms. The molecule has 0 atom stereocenters. The number of pyridine rings is 1. The summed E-state index contributed by atoms with van der Waals surface area (Å²) in [6.45, 7) is 2.42. The van der Waals surface area contributed by atoms with E-state index in [0.717, 1.165) is 28.8 Å². The van der Waals surface area contributed by atoms with Gasteiger partial charge in [0.25, 0.3) is 5.56 Å². The van der Waals surface area contributed by atoms with Crippen LogP contribution in [0.5, 0.6) is 11.5 Å². The van der Waals surface area contributed by atoms with E-state index in [4.69, 9.17) is 14.6 Å². The van der Waals surface area contributed by atoms with Gasteiger partial charge in [-0.3, -0.25) is 4.79 Å². The first kappa shape index (κ1) is 20.7. The summed E-state index contributed by atoms with van der Waals surface area (Å²) < 4.78 is 14.0. The van der Waals surface area contributed by atoms with E-state index < -0.39 is 0 Å². The van der Waals surface area contributed by atoms with Gasteiger partial charge in [0.15, 0.2) is 22.7 Å². The summed E-state index contributed by atoms with van der Waals surface area (Å²) >= 11 is 0. The Kier molecular flexibility index (Phi) is 5.26. The van der Waals surface area contributed by atoms with Crippen molar-refractivity contribution in [3.8, 4) is 22.6 Å². The van der Waals surface area contributed by atoms with Gasteiger partial charge in [0.05, 0.1) is 32.0 Å². The minimum atomic E-state index is -0.230. The molecular weight excluding hydrogens is 418 g/mol. The second-order valence-electron chi connectivity index (χ2n) is 7.65. The van der Waals surface area contributed by atoms with Crippen molar-refractivity contribution < 1.29 is 9.47 Å². The lowest BCUT2D eigenvalue weighted by atomic mass is 10.0. The van der Waals surface area contributed by atoms with Crippen molar-refractivity contribution in [3.05, 3.63) is 82.4 Å². The number of aryl methyl sites for hydroxylation is 1. The molecule has 0 radical (unpaired) electrons. The predicted octanol–water partition coefficient (Wildman–Crippen LogP) is 3.73. The lowest BCUT2D eigenvalue weighted by Crippen LogP contribution is -2.22.